The second-order valence-corrected chi connectivity index (χ2v) is 7.62. The number of carbonyl (C=O) groups excluding carboxylic acids is 1. The standard InChI is InChI=1S/C19H24N2O2S/c1-23-19(22)15-7-9-16(10-8-15)24-17(13-18-20-11-12-21-18)14-5-3-2-4-6-14/h7-12,14,17H,2-6,13H2,1H3,(H,20,21). The highest BCUT2D eigenvalue weighted by Gasteiger charge is 2.25. The molecule has 0 saturated heterocycles. The van der Waals surface area contributed by atoms with E-state index in [2.05, 4.69) is 9.97 Å². The Labute approximate surface area is 147 Å². The minimum Gasteiger partial charge on any atom is -0.465 e. The van der Waals surface area contributed by atoms with Gasteiger partial charge >= 0.3 is 5.97 Å². The van der Waals surface area contributed by atoms with Crippen LogP contribution in [0.1, 0.15) is 48.3 Å². The van der Waals surface area contributed by atoms with Crippen molar-refractivity contribution in [3.05, 3.63) is 48.0 Å². The van der Waals surface area contributed by atoms with Crippen LogP contribution in [0.25, 0.3) is 0 Å². The number of aromatic amines is 1. The summed E-state index contributed by atoms with van der Waals surface area (Å²) in [5.74, 6) is 1.50. The van der Waals surface area contributed by atoms with Crippen LogP contribution < -0.4 is 0 Å². The molecular weight excluding hydrogens is 320 g/mol. The van der Waals surface area contributed by atoms with E-state index in [1.54, 1.807) is 0 Å². The minimum absolute atomic E-state index is 0.286. The van der Waals surface area contributed by atoms with Crippen LogP contribution in [0.5, 0.6) is 0 Å². The van der Waals surface area contributed by atoms with Gasteiger partial charge in [-0.3, -0.25) is 0 Å². The van der Waals surface area contributed by atoms with Gasteiger partial charge in [0.25, 0.3) is 0 Å². The van der Waals surface area contributed by atoms with Crippen LogP contribution in [0.4, 0.5) is 0 Å². The van der Waals surface area contributed by atoms with Crippen LogP contribution in [0.2, 0.25) is 0 Å². The molecule has 24 heavy (non-hydrogen) atoms. The van der Waals surface area contributed by atoms with Gasteiger partial charge in [0.05, 0.1) is 12.7 Å². The number of benzene rings is 1. The number of aromatic nitrogens is 2. The van der Waals surface area contributed by atoms with E-state index in [0.717, 1.165) is 18.2 Å². The molecule has 4 nitrogen and oxygen atoms in total. The second kappa shape index (κ2) is 8.38. The summed E-state index contributed by atoms with van der Waals surface area (Å²) in [5.41, 5.74) is 0.599. The highest BCUT2D eigenvalue weighted by atomic mass is 32.2. The molecule has 1 N–H and O–H groups in total. The zero-order valence-corrected chi connectivity index (χ0v) is 14.8. The molecule has 0 amide bonds. The maximum Gasteiger partial charge on any atom is 0.337 e. The van der Waals surface area contributed by atoms with Crippen molar-refractivity contribution in [3.8, 4) is 0 Å². The first-order valence-electron chi connectivity index (χ1n) is 8.59. The largest absolute Gasteiger partial charge is 0.465 e. The first kappa shape index (κ1) is 17.1. The quantitative estimate of drug-likeness (QED) is 0.620. The van der Waals surface area contributed by atoms with Crippen LogP contribution in [-0.4, -0.2) is 28.3 Å². The summed E-state index contributed by atoms with van der Waals surface area (Å²) in [6, 6.07) is 7.74. The molecule has 1 aliphatic rings. The lowest BCUT2D eigenvalue weighted by atomic mass is 9.85. The molecule has 5 heteroatoms. The third kappa shape index (κ3) is 4.41. The zero-order valence-electron chi connectivity index (χ0n) is 14.0. The van der Waals surface area contributed by atoms with E-state index in [-0.39, 0.29) is 5.97 Å². The lowest BCUT2D eigenvalue weighted by Gasteiger charge is -2.29. The molecule has 1 unspecified atom stereocenters. The lowest BCUT2D eigenvalue weighted by Crippen LogP contribution is -2.23. The van der Waals surface area contributed by atoms with Crippen molar-refractivity contribution in [1.29, 1.82) is 0 Å². The normalized spacial score (nSPS) is 16.7. The Morgan fingerprint density at radius 3 is 2.67 bits per heavy atom. The molecule has 0 bridgehead atoms. The molecule has 0 radical (unpaired) electrons. The fraction of sp³-hybridized carbons (Fsp3) is 0.474. The molecule has 0 aliphatic heterocycles. The Hall–Kier alpha value is -1.75. The van der Waals surface area contributed by atoms with E-state index in [4.69, 9.17) is 4.74 Å². The Kier molecular flexibility index (Phi) is 5.96. The maximum absolute atomic E-state index is 11.6. The molecular formula is C19H24N2O2S. The molecule has 128 valence electrons. The van der Waals surface area contributed by atoms with Gasteiger partial charge in [-0.25, -0.2) is 9.78 Å². The summed E-state index contributed by atoms with van der Waals surface area (Å²) in [6.45, 7) is 0. The molecule has 1 fully saturated rings. The number of esters is 1. The number of H-pyrrole nitrogens is 1. The van der Waals surface area contributed by atoms with Gasteiger partial charge in [-0.1, -0.05) is 19.3 Å². The molecule has 1 atom stereocenters. The topological polar surface area (TPSA) is 55.0 Å². The summed E-state index contributed by atoms with van der Waals surface area (Å²) >= 11 is 1.91. The number of ether oxygens (including phenoxy) is 1. The van der Waals surface area contributed by atoms with Crippen LogP contribution in [0.15, 0.2) is 41.6 Å². The molecule has 1 aliphatic carbocycles. The van der Waals surface area contributed by atoms with Crippen molar-refractivity contribution < 1.29 is 9.53 Å². The molecule has 1 aromatic carbocycles. The number of methoxy groups -OCH3 is 1. The maximum atomic E-state index is 11.6. The van der Waals surface area contributed by atoms with Gasteiger partial charge in [0.15, 0.2) is 0 Å². The Bertz CT molecular complexity index is 634. The number of nitrogens with one attached hydrogen (secondary N) is 1. The van der Waals surface area contributed by atoms with Crippen LogP contribution in [0.3, 0.4) is 0 Å². The van der Waals surface area contributed by atoms with Crippen molar-refractivity contribution >= 4 is 17.7 Å². The molecule has 1 saturated carbocycles. The Morgan fingerprint density at radius 2 is 2.04 bits per heavy atom. The van der Waals surface area contributed by atoms with E-state index in [1.165, 1.54) is 44.1 Å². The predicted octanol–water partition coefficient (Wildman–Crippen LogP) is 4.48. The average molecular weight is 344 g/mol. The van der Waals surface area contributed by atoms with Crippen LogP contribution >= 0.6 is 11.8 Å². The molecule has 3 rings (SSSR count). The first-order chi connectivity index (χ1) is 11.8. The predicted molar refractivity (Wildman–Crippen MR) is 96.3 cm³/mol. The number of hydrogen-bond donors (Lipinski definition) is 1. The van der Waals surface area contributed by atoms with Crippen molar-refractivity contribution in [2.45, 2.75) is 48.7 Å². The summed E-state index contributed by atoms with van der Waals surface area (Å²) in [6.07, 6.45) is 11.3. The highest BCUT2D eigenvalue weighted by molar-refractivity contribution is 8.00. The summed E-state index contributed by atoms with van der Waals surface area (Å²) < 4.78 is 4.76. The third-order valence-electron chi connectivity index (χ3n) is 4.69. The molecule has 1 aromatic heterocycles. The summed E-state index contributed by atoms with van der Waals surface area (Å²) in [4.78, 5) is 20.4. The number of hydrogen-bond acceptors (Lipinski definition) is 4. The summed E-state index contributed by atoms with van der Waals surface area (Å²) in [7, 11) is 1.41. The van der Waals surface area contributed by atoms with Crippen molar-refractivity contribution in [2.75, 3.05) is 7.11 Å². The smallest absolute Gasteiger partial charge is 0.337 e. The fourth-order valence-electron chi connectivity index (χ4n) is 3.37. The van der Waals surface area contributed by atoms with Gasteiger partial charge in [0, 0.05) is 29.0 Å². The molecule has 2 aromatic rings. The van der Waals surface area contributed by atoms with E-state index in [1.807, 2.05) is 48.4 Å². The minimum atomic E-state index is -0.286. The number of imidazole rings is 1. The third-order valence-corrected chi connectivity index (χ3v) is 6.09. The van der Waals surface area contributed by atoms with Gasteiger partial charge < -0.3 is 9.72 Å². The van der Waals surface area contributed by atoms with Gasteiger partial charge in [0.1, 0.15) is 5.82 Å². The Balaban J connectivity index is 1.71. The molecule has 0 spiro atoms. The number of nitrogens with zero attached hydrogens (tertiary/aromatic N) is 1. The molecule has 1 heterocycles. The number of rotatable bonds is 6. The summed E-state index contributed by atoms with van der Waals surface area (Å²) in [5, 5.41) is 0.514. The Morgan fingerprint density at radius 1 is 1.29 bits per heavy atom. The van der Waals surface area contributed by atoms with Gasteiger partial charge in [-0.2, -0.15) is 0 Å². The van der Waals surface area contributed by atoms with E-state index < -0.39 is 0 Å². The lowest BCUT2D eigenvalue weighted by molar-refractivity contribution is 0.0600. The first-order valence-corrected chi connectivity index (χ1v) is 9.47. The van der Waals surface area contributed by atoms with E-state index in [0.29, 0.717) is 10.8 Å². The van der Waals surface area contributed by atoms with Crippen molar-refractivity contribution in [2.24, 2.45) is 5.92 Å². The van der Waals surface area contributed by atoms with Crippen molar-refractivity contribution in [3.63, 3.8) is 0 Å². The van der Waals surface area contributed by atoms with Crippen LogP contribution in [0, 0.1) is 5.92 Å². The van der Waals surface area contributed by atoms with Crippen LogP contribution in [-0.2, 0) is 11.2 Å². The number of carbonyl (C=O) groups is 1. The monoisotopic (exact) mass is 344 g/mol. The number of thioether (sulfide) groups is 1. The fourth-order valence-corrected chi connectivity index (χ4v) is 4.72. The SMILES string of the molecule is COC(=O)c1ccc(SC(Cc2ncc[nH]2)C2CCCCC2)cc1. The second-order valence-electron chi connectivity index (χ2n) is 6.31. The average Bonchev–Trinajstić information content (AvgIpc) is 3.15. The van der Waals surface area contributed by atoms with E-state index >= 15 is 0 Å². The van der Waals surface area contributed by atoms with Gasteiger partial charge in [-0.15, -0.1) is 11.8 Å². The van der Waals surface area contributed by atoms with Crippen molar-refractivity contribution in [1.82, 2.24) is 9.97 Å². The highest BCUT2D eigenvalue weighted by Crippen LogP contribution is 2.37. The van der Waals surface area contributed by atoms with Gasteiger partial charge in [-0.05, 0) is 43.0 Å². The zero-order chi connectivity index (χ0) is 16.8. The van der Waals surface area contributed by atoms with Gasteiger partial charge in [0.2, 0.25) is 0 Å². The van der Waals surface area contributed by atoms with E-state index in [9.17, 15) is 4.79 Å².